The summed E-state index contributed by atoms with van der Waals surface area (Å²) in [7, 11) is 0. The molecule has 0 atom stereocenters. The monoisotopic (exact) mass is 476 g/mol. The summed E-state index contributed by atoms with van der Waals surface area (Å²) < 4.78 is 44.6. The third kappa shape index (κ3) is 6.51. The van der Waals surface area contributed by atoms with Crippen LogP contribution in [0.25, 0.3) is 22.3 Å². The van der Waals surface area contributed by atoms with Gasteiger partial charge in [-0.15, -0.1) is 0 Å². The minimum absolute atomic E-state index is 0.0301. The third-order valence-corrected chi connectivity index (χ3v) is 4.73. The Balaban J connectivity index is 1.72. The Hall–Kier alpha value is -4.52. The molecule has 0 aliphatic rings. The van der Waals surface area contributed by atoms with Crippen molar-refractivity contribution in [3.63, 3.8) is 0 Å². The number of rotatable bonds is 8. The Kier molecular flexibility index (Phi) is 7.94. The molecule has 0 amide bonds. The van der Waals surface area contributed by atoms with Crippen LogP contribution >= 0.6 is 0 Å². The fraction of sp³-hybridized carbons (Fsp3) is 0.0714. The Morgan fingerprint density at radius 3 is 1.86 bits per heavy atom. The van der Waals surface area contributed by atoms with E-state index < -0.39 is 23.6 Å². The molecule has 7 heteroatoms. The van der Waals surface area contributed by atoms with Crippen molar-refractivity contribution in [2.75, 3.05) is 0 Å². The second-order valence-electron chi connectivity index (χ2n) is 7.61. The number of esters is 2. The molecule has 0 aliphatic heterocycles. The van der Waals surface area contributed by atoms with Gasteiger partial charge in [0, 0.05) is 28.3 Å². The Bertz CT molecular complexity index is 1320. The minimum Gasteiger partial charge on any atom is -0.462 e. The van der Waals surface area contributed by atoms with Crippen molar-refractivity contribution in [3.05, 3.63) is 109 Å². The van der Waals surface area contributed by atoms with E-state index in [9.17, 15) is 18.4 Å². The first-order valence-corrected chi connectivity index (χ1v) is 10.4. The molecule has 0 N–H and O–H groups in total. The van der Waals surface area contributed by atoms with Crippen molar-refractivity contribution in [2.24, 2.45) is 0 Å². The highest BCUT2D eigenvalue weighted by Gasteiger charge is 2.13. The molecular formula is C28H22F2O5. The molecule has 0 saturated heterocycles. The summed E-state index contributed by atoms with van der Waals surface area (Å²) in [5.41, 5.74) is 1.84. The van der Waals surface area contributed by atoms with Gasteiger partial charge in [-0.2, -0.15) is 0 Å². The molecule has 3 aromatic carbocycles. The lowest BCUT2D eigenvalue weighted by Crippen LogP contribution is -2.08. The van der Waals surface area contributed by atoms with Gasteiger partial charge in [0.1, 0.15) is 35.7 Å². The SMILES string of the molecule is C=C(C)C(=O)OC=COc1ccc(-c2ccc(-c3ccc(OC(=O)C(=C)C)cc3F)cc2F)cc1. The molecule has 35 heavy (non-hydrogen) atoms. The quantitative estimate of drug-likeness (QED) is 0.156. The summed E-state index contributed by atoms with van der Waals surface area (Å²) in [4.78, 5) is 22.9. The van der Waals surface area contributed by atoms with Crippen molar-refractivity contribution in [1.82, 2.24) is 0 Å². The van der Waals surface area contributed by atoms with Crippen LogP contribution < -0.4 is 9.47 Å². The van der Waals surface area contributed by atoms with Gasteiger partial charge in [0.15, 0.2) is 0 Å². The van der Waals surface area contributed by atoms with Crippen molar-refractivity contribution >= 4 is 11.9 Å². The average Bonchev–Trinajstić information content (AvgIpc) is 2.82. The zero-order valence-corrected chi connectivity index (χ0v) is 19.1. The number of carbonyl (C=O) groups excluding carboxylic acids is 2. The molecule has 0 bridgehead atoms. The molecule has 0 heterocycles. The van der Waals surface area contributed by atoms with E-state index in [1.165, 1.54) is 38.3 Å². The fourth-order valence-electron chi connectivity index (χ4n) is 2.91. The second kappa shape index (κ2) is 11.1. The van der Waals surface area contributed by atoms with Gasteiger partial charge in [-0.1, -0.05) is 37.4 Å². The predicted octanol–water partition coefficient (Wildman–Crippen LogP) is 6.75. The van der Waals surface area contributed by atoms with Gasteiger partial charge in [-0.25, -0.2) is 18.4 Å². The molecule has 0 aromatic heterocycles. The molecule has 0 fully saturated rings. The molecule has 0 radical (unpaired) electrons. The van der Waals surface area contributed by atoms with Crippen LogP contribution in [0.3, 0.4) is 0 Å². The van der Waals surface area contributed by atoms with Crippen molar-refractivity contribution in [2.45, 2.75) is 13.8 Å². The number of hydrogen-bond donors (Lipinski definition) is 0. The fourth-order valence-corrected chi connectivity index (χ4v) is 2.91. The lowest BCUT2D eigenvalue weighted by atomic mass is 9.99. The first kappa shape index (κ1) is 25.1. The first-order chi connectivity index (χ1) is 16.7. The van der Waals surface area contributed by atoms with Gasteiger partial charge in [-0.3, -0.25) is 0 Å². The van der Waals surface area contributed by atoms with Crippen molar-refractivity contribution in [1.29, 1.82) is 0 Å². The molecule has 3 aromatic rings. The van der Waals surface area contributed by atoms with E-state index in [0.29, 0.717) is 22.4 Å². The summed E-state index contributed by atoms with van der Waals surface area (Å²) >= 11 is 0. The number of halogens is 2. The molecule has 0 unspecified atom stereocenters. The van der Waals surface area contributed by atoms with Crippen LogP contribution in [0, 0.1) is 11.6 Å². The Morgan fingerprint density at radius 2 is 1.26 bits per heavy atom. The van der Waals surface area contributed by atoms with Crippen LogP contribution in [0.5, 0.6) is 11.5 Å². The predicted molar refractivity (Wildman–Crippen MR) is 128 cm³/mol. The molecular weight excluding hydrogens is 454 g/mol. The molecule has 178 valence electrons. The van der Waals surface area contributed by atoms with Crippen LogP contribution in [0.15, 0.2) is 97.5 Å². The maximum absolute atomic E-state index is 14.9. The average molecular weight is 476 g/mol. The lowest BCUT2D eigenvalue weighted by Gasteiger charge is -2.10. The van der Waals surface area contributed by atoms with Gasteiger partial charge in [0.25, 0.3) is 0 Å². The summed E-state index contributed by atoms with van der Waals surface area (Å²) in [5.74, 6) is -1.95. The molecule has 3 rings (SSSR count). The van der Waals surface area contributed by atoms with Gasteiger partial charge in [0.05, 0.1) is 0 Å². The Labute approximate surface area is 201 Å². The summed E-state index contributed by atoms with van der Waals surface area (Å²) in [6, 6.07) is 14.8. The van der Waals surface area contributed by atoms with E-state index in [4.69, 9.17) is 14.2 Å². The van der Waals surface area contributed by atoms with E-state index in [1.54, 1.807) is 36.4 Å². The van der Waals surface area contributed by atoms with Crippen LogP contribution in [0.2, 0.25) is 0 Å². The van der Waals surface area contributed by atoms with Crippen LogP contribution in [-0.2, 0) is 14.3 Å². The number of carbonyl (C=O) groups is 2. The highest BCUT2D eigenvalue weighted by atomic mass is 19.1. The van der Waals surface area contributed by atoms with Gasteiger partial charge >= 0.3 is 11.9 Å². The summed E-state index contributed by atoms with van der Waals surface area (Å²) in [6.45, 7) is 9.95. The largest absolute Gasteiger partial charge is 0.462 e. The van der Waals surface area contributed by atoms with Crippen molar-refractivity contribution in [3.8, 4) is 33.8 Å². The second-order valence-corrected chi connectivity index (χ2v) is 7.61. The van der Waals surface area contributed by atoms with Gasteiger partial charge < -0.3 is 14.2 Å². The highest BCUT2D eigenvalue weighted by molar-refractivity contribution is 5.89. The highest BCUT2D eigenvalue weighted by Crippen LogP contribution is 2.31. The summed E-state index contributed by atoms with van der Waals surface area (Å²) in [5, 5.41) is 0. The van der Waals surface area contributed by atoms with E-state index in [-0.39, 0.29) is 22.5 Å². The number of hydrogen-bond acceptors (Lipinski definition) is 5. The normalized spacial score (nSPS) is 10.6. The zero-order chi connectivity index (χ0) is 25.5. The maximum Gasteiger partial charge on any atom is 0.338 e. The molecule has 0 aliphatic carbocycles. The third-order valence-electron chi connectivity index (χ3n) is 4.73. The van der Waals surface area contributed by atoms with Gasteiger partial charge in [-0.05, 0) is 55.3 Å². The van der Waals surface area contributed by atoms with E-state index in [1.807, 2.05) is 0 Å². The molecule has 0 spiro atoms. The topological polar surface area (TPSA) is 61.8 Å². The zero-order valence-electron chi connectivity index (χ0n) is 19.1. The van der Waals surface area contributed by atoms with E-state index >= 15 is 0 Å². The summed E-state index contributed by atoms with van der Waals surface area (Å²) in [6.07, 6.45) is 2.30. The minimum atomic E-state index is -0.661. The number of benzene rings is 3. The van der Waals surface area contributed by atoms with Crippen LogP contribution in [0.4, 0.5) is 8.78 Å². The maximum atomic E-state index is 14.9. The van der Waals surface area contributed by atoms with Crippen molar-refractivity contribution < 1.29 is 32.6 Å². The number of ether oxygens (including phenoxy) is 3. The van der Waals surface area contributed by atoms with Crippen LogP contribution in [-0.4, -0.2) is 11.9 Å². The van der Waals surface area contributed by atoms with Gasteiger partial charge in [0.2, 0.25) is 0 Å². The Morgan fingerprint density at radius 1 is 0.714 bits per heavy atom. The van der Waals surface area contributed by atoms with E-state index in [2.05, 4.69) is 13.2 Å². The standard InChI is InChI=1S/C28H22F2O5/c1-17(2)27(31)34-14-13-33-21-8-5-19(6-9-21)23-11-7-20(15-25(23)29)24-12-10-22(16-26(24)30)35-28(32)18(3)4/h5-16H,1,3H2,2,4H3. The molecule has 0 saturated carbocycles. The first-order valence-electron chi connectivity index (χ1n) is 10.4. The van der Waals surface area contributed by atoms with Crippen LogP contribution in [0.1, 0.15) is 13.8 Å². The van der Waals surface area contributed by atoms with E-state index in [0.717, 1.165) is 12.3 Å². The smallest absolute Gasteiger partial charge is 0.338 e. The molecule has 5 nitrogen and oxygen atoms in total. The lowest BCUT2D eigenvalue weighted by molar-refractivity contribution is -0.133.